The van der Waals surface area contributed by atoms with Crippen LogP contribution in [0.4, 0.5) is 0 Å². The van der Waals surface area contributed by atoms with Crippen LogP contribution in [0.25, 0.3) is 0 Å². The fourth-order valence-electron chi connectivity index (χ4n) is 5.22. The zero-order chi connectivity index (χ0) is 14.8. The molecule has 6 unspecified atom stereocenters. The zero-order valence-electron chi connectivity index (χ0n) is 13.5. The Morgan fingerprint density at radius 3 is 1.55 bits per heavy atom. The molecule has 0 spiro atoms. The van der Waals surface area contributed by atoms with E-state index in [9.17, 15) is 0 Å². The molecule has 0 amide bonds. The SMILES string of the molecule is C1=CC2CCC(C/C=C/CC3CCC4C=CC=CC43)C2C=C1. The first-order valence-electron chi connectivity index (χ1n) is 9.27. The molecule has 4 aliphatic rings. The lowest BCUT2D eigenvalue weighted by molar-refractivity contribution is 0.415. The lowest BCUT2D eigenvalue weighted by Gasteiger charge is -2.21. The molecule has 0 heteroatoms. The largest absolute Gasteiger partial charge is 0.0882 e. The molecule has 0 aromatic heterocycles. The van der Waals surface area contributed by atoms with Gasteiger partial charge in [0.05, 0.1) is 0 Å². The van der Waals surface area contributed by atoms with Crippen molar-refractivity contribution in [3.05, 3.63) is 60.8 Å². The molecule has 0 saturated heterocycles. The molecule has 4 rings (SSSR count). The Labute approximate surface area is 135 Å². The number of hydrogen-bond acceptors (Lipinski definition) is 0. The molecule has 6 atom stereocenters. The Hall–Kier alpha value is -1.30. The van der Waals surface area contributed by atoms with Gasteiger partial charge in [-0.05, 0) is 74.0 Å². The third-order valence-electron chi connectivity index (χ3n) is 6.47. The summed E-state index contributed by atoms with van der Waals surface area (Å²) < 4.78 is 0. The Morgan fingerprint density at radius 2 is 1.05 bits per heavy atom. The summed E-state index contributed by atoms with van der Waals surface area (Å²) in [6, 6.07) is 0. The van der Waals surface area contributed by atoms with E-state index >= 15 is 0 Å². The Morgan fingerprint density at radius 1 is 0.591 bits per heavy atom. The molecule has 4 aliphatic carbocycles. The fourth-order valence-corrected chi connectivity index (χ4v) is 5.22. The Balaban J connectivity index is 1.27. The van der Waals surface area contributed by atoms with Gasteiger partial charge in [-0.15, -0.1) is 0 Å². The van der Waals surface area contributed by atoms with Crippen molar-refractivity contribution in [2.45, 2.75) is 38.5 Å². The molecule has 0 bridgehead atoms. The number of rotatable bonds is 4. The van der Waals surface area contributed by atoms with Crippen LogP contribution in [0.3, 0.4) is 0 Å². The fraction of sp³-hybridized carbons (Fsp3) is 0.545. The lowest BCUT2D eigenvalue weighted by Crippen LogP contribution is -2.13. The second-order valence-corrected chi connectivity index (χ2v) is 7.64. The first-order valence-corrected chi connectivity index (χ1v) is 9.27. The second-order valence-electron chi connectivity index (χ2n) is 7.64. The summed E-state index contributed by atoms with van der Waals surface area (Å²) in [5.41, 5.74) is 0. The van der Waals surface area contributed by atoms with Crippen LogP contribution >= 0.6 is 0 Å². The minimum absolute atomic E-state index is 0.817. The van der Waals surface area contributed by atoms with Crippen molar-refractivity contribution in [3.8, 4) is 0 Å². The van der Waals surface area contributed by atoms with Gasteiger partial charge in [0, 0.05) is 0 Å². The van der Waals surface area contributed by atoms with Crippen LogP contribution in [0.5, 0.6) is 0 Å². The van der Waals surface area contributed by atoms with Crippen LogP contribution in [0.15, 0.2) is 60.8 Å². The normalized spacial score (nSPS) is 42.2. The van der Waals surface area contributed by atoms with Crippen LogP contribution in [0, 0.1) is 35.5 Å². The van der Waals surface area contributed by atoms with Gasteiger partial charge in [-0.2, -0.15) is 0 Å². The summed E-state index contributed by atoms with van der Waals surface area (Å²) in [5.74, 6) is 5.07. The van der Waals surface area contributed by atoms with E-state index in [4.69, 9.17) is 0 Å². The van der Waals surface area contributed by atoms with Gasteiger partial charge in [-0.1, -0.05) is 60.8 Å². The van der Waals surface area contributed by atoms with Gasteiger partial charge in [0.2, 0.25) is 0 Å². The average molecular weight is 292 g/mol. The van der Waals surface area contributed by atoms with Gasteiger partial charge in [0.25, 0.3) is 0 Å². The van der Waals surface area contributed by atoms with Crippen molar-refractivity contribution in [3.63, 3.8) is 0 Å². The third-order valence-corrected chi connectivity index (χ3v) is 6.47. The van der Waals surface area contributed by atoms with E-state index in [1.54, 1.807) is 0 Å². The van der Waals surface area contributed by atoms with Gasteiger partial charge in [0.1, 0.15) is 0 Å². The maximum absolute atomic E-state index is 2.49. The zero-order valence-corrected chi connectivity index (χ0v) is 13.5. The third kappa shape index (κ3) is 2.81. The van der Waals surface area contributed by atoms with E-state index < -0.39 is 0 Å². The van der Waals surface area contributed by atoms with Crippen LogP contribution in [0.1, 0.15) is 38.5 Å². The van der Waals surface area contributed by atoms with Crippen molar-refractivity contribution in [2.75, 3.05) is 0 Å². The van der Waals surface area contributed by atoms with Crippen LogP contribution in [-0.4, -0.2) is 0 Å². The van der Waals surface area contributed by atoms with Crippen molar-refractivity contribution in [2.24, 2.45) is 35.5 Å². The molecule has 0 N–H and O–H groups in total. The summed E-state index contributed by atoms with van der Waals surface area (Å²) in [6.07, 6.45) is 31.9. The summed E-state index contributed by atoms with van der Waals surface area (Å²) in [5, 5.41) is 0. The number of hydrogen-bond donors (Lipinski definition) is 0. The molecule has 0 radical (unpaired) electrons. The van der Waals surface area contributed by atoms with E-state index in [0.29, 0.717) is 0 Å². The van der Waals surface area contributed by atoms with E-state index in [0.717, 1.165) is 35.5 Å². The van der Waals surface area contributed by atoms with E-state index in [2.05, 4.69) is 60.8 Å². The molecule has 0 aliphatic heterocycles. The summed E-state index contributed by atoms with van der Waals surface area (Å²) in [7, 11) is 0. The van der Waals surface area contributed by atoms with E-state index in [1.807, 2.05) is 0 Å². The van der Waals surface area contributed by atoms with Gasteiger partial charge in [-0.25, -0.2) is 0 Å². The lowest BCUT2D eigenvalue weighted by atomic mass is 9.83. The molecular weight excluding hydrogens is 264 g/mol. The smallest absolute Gasteiger partial charge is 0.0136 e. The minimum Gasteiger partial charge on any atom is -0.0882 e. The van der Waals surface area contributed by atoms with Crippen molar-refractivity contribution in [1.82, 2.24) is 0 Å². The van der Waals surface area contributed by atoms with Crippen LogP contribution < -0.4 is 0 Å². The van der Waals surface area contributed by atoms with Gasteiger partial charge < -0.3 is 0 Å². The van der Waals surface area contributed by atoms with Gasteiger partial charge in [0.15, 0.2) is 0 Å². The van der Waals surface area contributed by atoms with E-state index in [-0.39, 0.29) is 0 Å². The maximum atomic E-state index is 2.49. The molecular formula is C22H28. The standard InChI is InChI=1S/C22H28/c1(7-17-13-15-19-9-3-5-11-21(17)19)2-8-18-14-16-20-10-4-6-12-22(18)20/h1-6,9-12,17-22H,7-8,13-16H2/b2-1+. The molecule has 0 aromatic carbocycles. The highest BCUT2D eigenvalue weighted by Crippen LogP contribution is 2.44. The van der Waals surface area contributed by atoms with Gasteiger partial charge in [-0.3, -0.25) is 0 Å². The highest BCUT2D eigenvalue weighted by atomic mass is 14.4. The molecule has 0 aromatic rings. The Bertz CT molecular complexity index is 482. The second kappa shape index (κ2) is 6.44. The summed E-state index contributed by atoms with van der Waals surface area (Å²) in [6.45, 7) is 0. The van der Waals surface area contributed by atoms with Crippen molar-refractivity contribution < 1.29 is 0 Å². The predicted octanol–water partition coefficient (Wildman–Crippen LogP) is 5.86. The van der Waals surface area contributed by atoms with Crippen molar-refractivity contribution in [1.29, 1.82) is 0 Å². The molecule has 2 fully saturated rings. The topological polar surface area (TPSA) is 0 Å². The summed E-state index contributed by atoms with van der Waals surface area (Å²) in [4.78, 5) is 0. The van der Waals surface area contributed by atoms with E-state index in [1.165, 1.54) is 38.5 Å². The van der Waals surface area contributed by atoms with Gasteiger partial charge >= 0.3 is 0 Å². The van der Waals surface area contributed by atoms with Crippen molar-refractivity contribution >= 4 is 0 Å². The maximum Gasteiger partial charge on any atom is -0.0136 e. The monoisotopic (exact) mass is 292 g/mol. The number of allylic oxidation sites excluding steroid dienone is 10. The highest BCUT2D eigenvalue weighted by molar-refractivity contribution is 5.19. The molecule has 116 valence electrons. The first kappa shape index (κ1) is 14.3. The summed E-state index contributed by atoms with van der Waals surface area (Å²) >= 11 is 0. The minimum atomic E-state index is 0.817. The molecule has 0 heterocycles. The molecule has 0 nitrogen and oxygen atoms in total. The quantitative estimate of drug-likeness (QED) is 0.569. The number of fused-ring (bicyclic) bond motifs is 2. The van der Waals surface area contributed by atoms with Crippen LogP contribution in [0.2, 0.25) is 0 Å². The predicted molar refractivity (Wildman–Crippen MR) is 94.3 cm³/mol. The molecule has 22 heavy (non-hydrogen) atoms. The Kier molecular flexibility index (Phi) is 4.19. The molecule has 2 saturated carbocycles. The highest BCUT2D eigenvalue weighted by Gasteiger charge is 2.34. The first-order chi connectivity index (χ1) is 10.9. The average Bonchev–Trinajstić information content (AvgIpc) is 3.16. The van der Waals surface area contributed by atoms with Crippen LogP contribution in [-0.2, 0) is 0 Å².